The highest BCUT2D eigenvalue weighted by molar-refractivity contribution is 5.79. The smallest absolute Gasteiger partial charge is 0.307 e. The lowest BCUT2D eigenvalue weighted by Crippen LogP contribution is -2.38. The third-order valence-corrected chi connectivity index (χ3v) is 1.29. The number of nitrogens with two attached hydrogens (primary N) is 1. The van der Waals surface area contributed by atoms with Crippen LogP contribution < -0.4 is 11.1 Å². The van der Waals surface area contributed by atoms with Crippen LogP contribution in [0.4, 0.5) is 0 Å². The van der Waals surface area contributed by atoms with Crippen molar-refractivity contribution in [2.75, 3.05) is 13.7 Å². The number of hydrogen-bond acceptors (Lipinski definition) is 4. The number of rotatable bonds is 4. The molecule has 0 bridgehead atoms. The molecule has 0 saturated heterocycles. The van der Waals surface area contributed by atoms with Gasteiger partial charge in [-0.05, 0) is 6.92 Å². The van der Waals surface area contributed by atoms with Crippen molar-refractivity contribution in [3.63, 3.8) is 0 Å². The molecule has 0 radical (unpaired) electrons. The van der Waals surface area contributed by atoms with Gasteiger partial charge in [-0.3, -0.25) is 9.59 Å². The molecule has 0 fully saturated rings. The van der Waals surface area contributed by atoms with Crippen LogP contribution in [0.5, 0.6) is 0 Å². The minimum atomic E-state index is -0.347. The first kappa shape index (κ1) is 10.9. The van der Waals surface area contributed by atoms with Crippen molar-refractivity contribution in [3.05, 3.63) is 0 Å². The summed E-state index contributed by atoms with van der Waals surface area (Å²) >= 11 is 0. The lowest BCUT2D eigenvalue weighted by molar-refractivity contribution is -0.141. The maximum absolute atomic E-state index is 10.7. The molecule has 0 heterocycles. The first-order valence-electron chi connectivity index (χ1n) is 3.66. The van der Waals surface area contributed by atoms with Crippen molar-refractivity contribution < 1.29 is 14.3 Å². The Morgan fingerprint density at radius 1 is 1.58 bits per heavy atom. The Hall–Kier alpha value is -1.10. The summed E-state index contributed by atoms with van der Waals surface area (Å²) in [5, 5.41) is 2.53. The van der Waals surface area contributed by atoms with Crippen molar-refractivity contribution in [3.8, 4) is 0 Å². The molecule has 1 amide bonds. The molecule has 0 rings (SSSR count). The van der Waals surface area contributed by atoms with E-state index in [-0.39, 0.29) is 30.9 Å². The fourth-order valence-corrected chi connectivity index (χ4v) is 0.718. The number of nitrogens with one attached hydrogen (secondary N) is 1. The molecule has 1 atom stereocenters. The first-order valence-corrected chi connectivity index (χ1v) is 3.66. The SMILES string of the molecule is COC(=O)CC(C)NC(=O)CN. The van der Waals surface area contributed by atoms with Crippen LogP contribution in [0.2, 0.25) is 0 Å². The Morgan fingerprint density at radius 2 is 2.17 bits per heavy atom. The van der Waals surface area contributed by atoms with Gasteiger partial charge in [-0.2, -0.15) is 0 Å². The zero-order chi connectivity index (χ0) is 9.56. The van der Waals surface area contributed by atoms with E-state index in [9.17, 15) is 9.59 Å². The van der Waals surface area contributed by atoms with E-state index in [0.29, 0.717) is 0 Å². The van der Waals surface area contributed by atoms with Gasteiger partial charge in [0, 0.05) is 6.04 Å². The van der Waals surface area contributed by atoms with Crippen LogP contribution >= 0.6 is 0 Å². The predicted octanol–water partition coefficient (Wildman–Crippen LogP) is -0.987. The van der Waals surface area contributed by atoms with Gasteiger partial charge in [0.05, 0.1) is 20.1 Å². The Bertz CT molecular complexity index is 152. The van der Waals surface area contributed by atoms with Gasteiger partial charge >= 0.3 is 5.97 Å². The summed E-state index contributed by atoms with van der Waals surface area (Å²) in [6.45, 7) is 1.65. The largest absolute Gasteiger partial charge is 0.469 e. The number of amides is 1. The average Bonchev–Trinajstić information content (AvgIpc) is 2.03. The van der Waals surface area contributed by atoms with Crippen LogP contribution in [0.15, 0.2) is 0 Å². The lowest BCUT2D eigenvalue weighted by atomic mass is 10.2. The molecule has 0 aliphatic rings. The van der Waals surface area contributed by atoms with E-state index in [1.165, 1.54) is 7.11 Å². The van der Waals surface area contributed by atoms with E-state index < -0.39 is 0 Å². The third-order valence-electron chi connectivity index (χ3n) is 1.29. The molecule has 5 nitrogen and oxygen atoms in total. The van der Waals surface area contributed by atoms with E-state index in [1.807, 2.05) is 0 Å². The number of carbonyl (C=O) groups is 2. The molecule has 1 unspecified atom stereocenters. The van der Waals surface area contributed by atoms with Crippen LogP contribution in [0, 0.1) is 0 Å². The Labute approximate surface area is 71.3 Å². The van der Waals surface area contributed by atoms with Crippen LogP contribution in [-0.2, 0) is 14.3 Å². The fourth-order valence-electron chi connectivity index (χ4n) is 0.718. The van der Waals surface area contributed by atoms with Gasteiger partial charge in [0.1, 0.15) is 0 Å². The van der Waals surface area contributed by atoms with Gasteiger partial charge < -0.3 is 15.8 Å². The van der Waals surface area contributed by atoms with Crippen LogP contribution in [0.1, 0.15) is 13.3 Å². The number of ether oxygens (including phenoxy) is 1. The van der Waals surface area contributed by atoms with Crippen LogP contribution in [0.25, 0.3) is 0 Å². The summed E-state index contributed by atoms with van der Waals surface area (Å²) in [5.41, 5.74) is 5.06. The number of carbonyl (C=O) groups excluding carboxylic acids is 2. The molecule has 70 valence electrons. The summed E-state index contributed by atoms with van der Waals surface area (Å²) in [7, 11) is 1.31. The van der Waals surface area contributed by atoms with Gasteiger partial charge in [0.2, 0.25) is 5.91 Å². The normalized spacial score (nSPS) is 11.9. The summed E-state index contributed by atoms with van der Waals surface area (Å²) in [4.78, 5) is 21.4. The molecule has 0 saturated carbocycles. The third kappa shape index (κ3) is 4.68. The lowest BCUT2D eigenvalue weighted by Gasteiger charge is -2.10. The molecule has 3 N–H and O–H groups in total. The fraction of sp³-hybridized carbons (Fsp3) is 0.714. The van der Waals surface area contributed by atoms with Gasteiger partial charge in [-0.25, -0.2) is 0 Å². The topological polar surface area (TPSA) is 81.4 Å². The highest BCUT2D eigenvalue weighted by Gasteiger charge is 2.10. The molecule has 0 spiro atoms. The average molecular weight is 174 g/mol. The maximum atomic E-state index is 10.7. The van der Waals surface area contributed by atoms with Crippen LogP contribution in [-0.4, -0.2) is 31.6 Å². The van der Waals surface area contributed by atoms with Crippen molar-refractivity contribution in [2.24, 2.45) is 5.73 Å². The number of hydrogen-bond donors (Lipinski definition) is 2. The second kappa shape index (κ2) is 5.54. The molecular formula is C7H14N2O3. The summed E-state index contributed by atoms with van der Waals surface area (Å²) < 4.78 is 4.41. The molecular weight excluding hydrogens is 160 g/mol. The highest BCUT2D eigenvalue weighted by Crippen LogP contribution is 1.91. The first-order chi connectivity index (χ1) is 5.60. The van der Waals surface area contributed by atoms with Gasteiger partial charge in [-0.1, -0.05) is 0 Å². The molecule has 12 heavy (non-hydrogen) atoms. The second-order valence-electron chi connectivity index (χ2n) is 2.45. The van der Waals surface area contributed by atoms with E-state index in [2.05, 4.69) is 10.1 Å². The summed E-state index contributed by atoms with van der Waals surface area (Å²) in [6.07, 6.45) is 0.169. The predicted molar refractivity (Wildman–Crippen MR) is 43.3 cm³/mol. The van der Waals surface area contributed by atoms with E-state index >= 15 is 0 Å². The zero-order valence-electron chi connectivity index (χ0n) is 7.29. The molecule has 0 aliphatic heterocycles. The Balaban J connectivity index is 3.66. The number of esters is 1. The van der Waals surface area contributed by atoms with Crippen molar-refractivity contribution in [1.82, 2.24) is 5.32 Å². The Kier molecular flexibility index (Phi) is 5.03. The van der Waals surface area contributed by atoms with Crippen molar-refractivity contribution >= 4 is 11.9 Å². The number of methoxy groups -OCH3 is 1. The molecule has 0 aliphatic carbocycles. The maximum Gasteiger partial charge on any atom is 0.307 e. The van der Waals surface area contributed by atoms with E-state index in [0.717, 1.165) is 0 Å². The zero-order valence-corrected chi connectivity index (χ0v) is 7.29. The molecule has 0 aromatic heterocycles. The van der Waals surface area contributed by atoms with Gasteiger partial charge in [-0.15, -0.1) is 0 Å². The quantitative estimate of drug-likeness (QED) is 0.536. The molecule has 0 aromatic carbocycles. The minimum absolute atomic E-state index is 0.0640. The van der Waals surface area contributed by atoms with E-state index in [1.54, 1.807) is 6.92 Å². The second-order valence-corrected chi connectivity index (χ2v) is 2.45. The Morgan fingerprint density at radius 3 is 2.58 bits per heavy atom. The summed E-state index contributed by atoms with van der Waals surface area (Å²) in [5.74, 6) is -0.619. The van der Waals surface area contributed by atoms with E-state index in [4.69, 9.17) is 5.73 Å². The molecule has 0 aromatic rings. The standard InChI is InChI=1S/C7H14N2O3/c1-5(3-7(11)12-2)9-6(10)4-8/h5H,3-4,8H2,1-2H3,(H,9,10). The van der Waals surface area contributed by atoms with Gasteiger partial charge in [0.15, 0.2) is 0 Å². The minimum Gasteiger partial charge on any atom is -0.469 e. The van der Waals surface area contributed by atoms with Crippen molar-refractivity contribution in [2.45, 2.75) is 19.4 Å². The summed E-state index contributed by atoms with van der Waals surface area (Å²) in [6, 6.07) is -0.228. The highest BCUT2D eigenvalue weighted by atomic mass is 16.5. The monoisotopic (exact) mass is 174 g/mol. The van der Waals surface area contributed by atoms with Crippen molar-refractivity contribution in [1.29, 1.82) is 0 Å². The van der Waals surface area contributed by atoms with Crippen LogP contribution in [0.3, 0.4) is 0 Å². The molecule has 5 heteroatoms. The van der Waals surface area contributed by atoms with Gasteiger partial charge in [0.25, 0.3) is 0 Å².